The zero-order chi connectivity index (χ0) is 17.0. The molecule has 126 valence electrons. The van der Waals surface area contributed by atoms with Gasteiger partial charge in [-0.3, -0.25) is 10.1 Å². The lowest BCUT2D eigenvalue weighted by atomic mass is 9.99. The van der Waals surface area contributed by atoms with Crippen LogP contribution in [0.1, 0.15) is 5.56 Å². The fraction of sp³-hybridized carbons (Fsp3) is 0.462. The number of nitrogens with zero attached hydrogens (tertiary/aromatic N) is 2. The van der Waals surface area contributed by atoms with Gasteiger partial charge in [-0.05, 0) is 17.7 Å². The lowest BCUT2D eigenvalue weighted by molar-refractivity contribution is -0.384. The maximum absolute atomic E-state index is 10.5. The monoisotopic (exact) mass is 328 g/mol. The van der Waals surface area contributed by atoms with Crippen LogP contribution in [0.15, 0.2) is 29.4 Å². The molecule has 0 aliphatic carbocycles. The smallest absolute Gasteiger partial charge is 0.269 e. The van der Waals surface area contributed by atoms with Crippen molar-refractivity contribution in [1.82, 2.24) is 0 Å². The highest BCUT2D eigenvalue weighted by atomic mass is 16.8. The fourth-order valence-corrected chi connectivity index (χ4v) is 1.99. The van der Waals surface area contributed by atoms with Gasteiger partial charge < -0.3 is 30.0 Å². The first-order valence-corrected chi connectivity index (χ1v) is 6.68. The molecule has 1 aromatic rings. The number of ether oxygens (including phenoxy) is 1. The van der Waals surface area contributed by atoms with E-state index in [0.29, 0.717) is 5.56 Å². The van der Waals surface area contributed by atoms with Gasteiger partial charge in [0.05, 0.1) is 17.7 Å². The van der Waals surface area contributed by atoms with Crippen LogP contribution in [0.4, 0.5) is 5.69 Å². The van der Waals surface area contributed by atoms with E-state index in [1.165, 1.54) is 30.5 Å². The first-order chi connectivity index (χ1) is 10.9. The number of aliphatic hydroxyl groups is 4. The quantitative estimate of drug-likeness (QED) is 0.297. The summed E-state index contributed by atoms with van der Waals surface area (Å²) in [6.07, 6.45) is -5.82. The molecular formula is C13H16N2O8. The molecule has 0 aromatic heterocycles. The van der Waals surface area contributed by atoms with Crippen LogP contribution in [0.3, 0.4) is 0 Å². The molecule has 1 fully saturated rings. The number of benzene rings is 1. The van der Waals surface area contributed by atoms with Crippen molar-refractivity contribution in [3.8, 4) is 0 Å². The van der Waals surface area contributed by atoms with Gasteiger partial charge in [0, 0.05) is 12.1 Å². The average molecular weight is 328 g/mol. The van der Waals surface area contributed by atoms with E-state index in [1.807, 2.05) is 0 Å². The van der Waals surface area contributed by atoms with Crippen LogP contribution in [-0.2, 0) is 9.57 Å². The van der Waals surface area contributed by atoms with E-state index >= 15 is 0 Å². The predicted molar refractivity (Wildman–Crippen MR) is 75.5 cm³/mol. The molecule has 0 spiro atoms. The Kier molecular flexibility index (Phi) is 5.58. The van der Waals surface area contributed by atoms with Gasteiger partial charge in [-0.15, -0.1) is 0 Å². The van der Waals surface area contributed by atoms with Crippen LogP contribution in [0.5, 0.6) is 0 Å². The molecule has 0 amide bonds. The highest BCUT2D eigenvalue weighted by Gasteiger charge is 2.44. The largest absolute Gasteiger partial charge is 0.394 e. The molecule has 2 rings (SSSR count). The maximum atomic E-state index is 10.5. The molecular weight excluding hydrogens is 312 g/mol. The predicted octanol–water partition coefficient (Wildman–Crippen LogP) is -1.25. The summed E-state index contributed by atoms with van der Waals surface area (Å²) in [5, 5.41) is 52.0. The zero-order valence-corrected chi connectivity index (χ0v) is 11.8. The molecule has 1 aliphatic rings. The first kappa shape index (κ1) is 17.2. The minimum atomic E-state index is -1.56. The number of oxime groups is 1. The van der Waals surface area contributed by atoms with Gasteiger partial charge in [-0.1, -0.05) is 5.16 Å². The fourth-order valence-electron chi connectivity index (χ4n) is 1.99. The number of non-ortho nitro benzene ring substituents is 1. The molecule has 1 aromatic carbocycles. The van der Waals surface area contributed by atoms with Crippen molar-refractivity contribution < 1.29 is 34.9 Å². The summed E-state index contributed by atoms with van der Waals surface area (Å²) < 4.78 is 5.08. The summed E-state index contributed by atoms with van der Waals surface area (Å²) in [6, 6.07) is 5.46. The third kappa shape index (κ3) is 4.00. The second-order valence-electron chi connectivity index (χ2n) is 4.89. The highest BCUT2D eigenvalue weighted by molar-refractivity contribution is 5.79. The van der Waals surface area contributed by atoms with Gasteiger partial charge in [0.15, 0.2) is 0 Å². The molecule has 1 heterocycles. The van der Waals surface area contributed by atoms with E-state index in [0.717, 1.165) is 0 Å². The molecule has 4 N–H and O–H groups in total. The summed E-state index contributed by atoms with van der Waals surface area (Å²) in [4.78, 5) is 14.9. The summed E-state index contributed by atoms with van der Waals surface area (Å²) in [6.45, 7) is -0.573. The summed E-state index contributed by atoms with van der Waals surface area (Å²) in [7, 11) is 0. The van der Waals surface area contributed by atoms with Crippen LogP contribution in [0.2, 0.25) is 0 Å². The maximum Gasteiger partial charge on any atom is 0.269 e. The molecule has 0 bridgehead atoms. The molecule has 1 saturated heterocycles. The second kappa shape index (κ2) is 7.44. The van der Waals surface area contributed by atoms with E-state index in [4.69, 9.17) is 14.7 Å². The Morgan fingerprint density at radius 3 is 2.43 bits per heavy atom. The number of hydrogen-bond donors (Lipinski definition) is 4. The lowest BCUT2D eigenvalue weighted by Crippen LogP contribution is -2.58. The van der Waals surface area contributed by atoms with Crippen molar-refractivity contribution in [2.24, 2.45) is 5.16 Å². The molecule has 0 saturated carbocycles. The second-order valence-corrected chi connectivity index (χ2v) is 4.89. The van der Waals surface area contributed by atoms with E-state index in [2.05, 4.69) is 5.16 Å². The summed E-state index contributed by atoms with van der Waals surface area (Å²) >= 11 is 0. The number of hydrogen-bond acceptors (Lipinski definition) is 9. The van der Waals surface area contributed by atoms with Gasteiger partial charge in [0.2, 0.25) is 0 Å². The summed E-state index contributed by atoms with van der Waals surface area (Å²) in [5.41, 5.74) is 0.428. The zero-order valence-electron chi connectivity index (χ0n) is 11.8. The van der Waals surface area contributed by atoms with Gasteiger partial charge in [-0.25, -0.2) is 0 Å². The molecule has 10 nitrogen and oxygen atoms in total. The van der Waals surface area contributed by atoms with E-state index in [1.54, 1.807) is 0 Å². The van der Waals surface area contributed by atoms with Crippen LogP contribution in [0, 0.1) is 10.1 Å². The van der Waals surface area contributed by atoms with Crippen LogP contribution in [-0.4, -0.2) is 68.9 Å². The van der Waals surface area contributed by atoms with E-state index in [9.17, 15) is 25.4 Å². The molecule has 1 aliphatic heterocycles. The summed E-state index contributed by atoms with van der Waals surface area (Å²) in [5.74, 6) is 0. The topological polar surface area (TPSA) is 155 Å². The molecule has 23 heavy (non-hydrogen) atoms. The van der Waals surface area contributed by atoms with Crippen molar-refractivity contribution in [2.75, 3.05) is 6.61 Å². The Balaban J connectivity index is 1.97. The van der Waals surface area contributed by atoms with Crippen molar-refractivity contribution >= 4 is 11.9 Å². The van der Waals surface area contributed by atoms with E-state index < -0.39 is 42.2 Å². The van der Waals surface area contributed by atoms with Crippen molar-refractivity contribution in [3.63, 3.8) is 0 Å². The van der Waals surface area contributed by atoms with Gasteiger partial charge in [0.25, 0.3) is 12.0 Å². The Labute approximate surface area is 130 Å². The van der Waals surface area contributed by atoms with Crippen LogP contribution < -0.4 is 0 Å². The van der Waals surface area contributed by atoms with Crippen LogP contribution >= 0.6 is 0 Å². The molecule has 5 atom stereocenters. The number of rotatable bonds is 5. The van der Waals surface area contributed by atoms with Crippen molar-refractivity contribution in [1.29, 1.82) is 0 Å². The van der Waals surface area contributed by atoms with Crippen LogP contribution in [0.25, 0.3) is 0 Å². The average Bonchev–Trinajstić information content (AvgIpc) is 2.55. The van der Waals surface area contributed by atoms with Crippen molar-refractivity contribution in [3.05, 3.63) is 39.9 Å². The third-order valence-electron chi connectivity index (χ3n) is 3.32. The Morgan fingerprint density at radius 1 is 1.22 bits per heavy atom. The number of nitro benzene ring substituents is 1. The minimum absolute atomic E-state index is 0.0722. The molecule has 0 radical (unpaired) electrons. The van der Waals surface area contributed by atoms with Gasteiger partial charge in [0.1, 0.15) is 24.4 Å². The van der Waals surface area contributed by atoms with Gasteiger partial charge >= 0.3 is 0 Å². The molecule has 3 unspecified atom stereocenters. The Bertz CT molecular complexity index is 562. The Hall–Kier alpha value is -2.11. The van der Waals surface area contributed by atoms with Gasteiger partial charge in [-0.2, -0.15) is 0 Å². The van der Waals surface area contributed by atoms with E-state index in [-0.39, 0.29) is 5.69 Å². The standard InChI is InChI=1S/C13H16N2O8/c16-6-9-10(17)11(18)12(19)13(22-9)23-14-5-7-1-3-8(4-2-7)15(20)21/h1-5,9-13,16-19H,6H2/b14-5+/t9?,10?,11-,12?,13-/m0/s1. The number of nitro groups is 1. The Morgan fingerprint density at radius 2 is 1.87 bits per heavy atom. The third-order valence-corrected chi connectivity index (χ3v) is 3.32. The number of aliphatic hydroxyl groups excluding tert-OH is 4. The SMILES string of the molecule is O=[N+]([O-])c1ccc(/C=N/O[C@@H]2OC(CO)C(O)[C@H](O)C2O)cc1. The lowest BCUT2D eigenvalue weighted by Gasteiger charge is -2.38. The minimum Gasteiger partial charge on any atom is -0.394 e. The van der Waals surface area contributed by atoms with Crippen molar-refractivity contribution in [2.45, 2.75) is 30.7 Å². The highest BCUT2D eigenvalue weighted by Crippen LogP contribution is 2.22. The first-order valence-electron chi connectivity index (χ1n) is 6.68. The normalized spacial score (nSPS) is 31.2. The molecule has 10 heteroatoms.